The van der Waals surface area contributed by atoms with Gasteiger partial charge in [0.1, 0.15) is 29.6 Å². The van der Waals surface area contributed by atoms with Gasteiger partial charge in [0.15, 0.2) is 0 Å². The number of carbonyl (C=O) groups is 1. The lowest BCUT2D eigenvalue weighted by Gasteiger charge is -2.22. The molecule has 0 saturated carbocycles. The van der Waals surface area contributed by atoms with Gasteiger partial charge in [-0.3, -0.25) is 0 Å². The Balaban J connectivity index is 2.00. The highest BCUT2D eigenvalue weighted by atomic mass is 19.1. The second kappa shape index (κ2) is 5.40. The van der Waals surface area contributed by atoms with Crippen molar-refractivity contribution in [2.45, 2.75) is 6.54 Å². The van der Waals surface area contributed by atoms with Gasteiger partial charge < -0.3 is 14.7 Å². The molecule has 108 valence electrons. The Bertz CT molecular complexity index is 690. The predicted molar refractivity (Wildman–Crippen MR) is 74.1 cm³/mol. The lowest BCUT2D eigenvalue weighted by molar-refractivity contribution is 0.0696. The zero-order valence-corrected chi connectivity index (χ0v) is 11.1. The lowest BCUT2D eigenvalue weighted by atomic mass is 10.1. The van der Waals surface area contributed by atoms with E-state index in [0.29, 0.717) is 19.7 Å². The highest BCUT2D eigenvalue weighted by Crippen LogP contribution is 2.27. The number of para-hydroxylation sites is 1. The van der Waals surface area contributed by atoms with Crippen molar-refractivity contribution >= 4 is 11.8 Å². The Morgan fingerprint density at radius 3 is 3.00 bits per heavy atom. The van der Waals surface area contributed by atoms with Gasteiger partial charge in [-0.05, 0) is 12.1 Å². The van der Waals surface area contributed by atoms with E-state index in [0.717, 1.165) is 23.6 Å². The van der Waals surface area contributed by atoms with E-state index in [1.165, 1.54) is 0 Å². The van der Waals surface area contributed by atoms with Gasteiger partial charge in [0.2, 0.25) is 0 Å². The summed E-state index contributed by atoms with van der Waals surface area (Å²) in [6, 6.07) is 8.55. The molecule has 0 spiro atoms. The summed E-state index contributed by atoms with van der Waals surface area (Å²) >= 11 is 0. The maximum Gasteiger partial charge on any atom is 0.339 e. The minimum absolute atomic E-state index is 0.144. The van der Waals surface area contributed by atoms with Crippen LogP contribution in [0.3, 0.4) is 0 Å². The van der Waals surface area contributed by atoms with Crippen molar-refractivity contribution in [2.24, 2.45) is 0 Å². The first kappa shape index (κ1) is 13.4. The zero-order valence-electron chi connectivity index (χ0n) is 11.1. The van der Waals surface area contributed by atoms with Crippen molar-refractivity contribution in [3.63, 3.8) is 0 Å². The number of nitrogens with zero attached hydrogens (tertiary/aromatic N) is 2. The largest absolute Gasteiger partial charge is 0.491 e. The van der Waals surface area contributed by atoms with Gasteiger partial charge in [0.05, 0.1) is 12.7 Å². The van der Waals surface area contributed by atoms with Gasteiger partial charge in [-0.25, -0.2) is 14.2 Å². The summed E-state index contributed by atoms with van der Waals surface area (Å²) in [6.07, 6.45) is 1.03. The Labute approximate surface area is 120 Å². The Morgan fingerprint density at radius 2 is 2.19 bits per heavy atom. The van der Waals surface area contributed by atoms with Crippen molar-refractivity contribution in [1.82, 2.24) is 4.98 Å². The normalized spacial score (nSPS) is 14.0. The van der Waals surface area contributed by atoms with Crippen LogP contribution in [-0.4, -0.2) is 29.2 Å². The fourth-order valence-electron chi connectivity index (χ4n) is 2.35. The van der Waals surface area contributed by atoms with Crippen LogP contribution in [-0.2, 0) is 6.54 Å². The molecule has 1 aromatic carbocycles. The van der Waals surface area contributed by atoms with E-state index in [1.807, 2.05) is 24.3 Å². The molecule has 1 aliphatic rings. The van der Waals surface area contributed by atoms with Crippen molar-refractivity contribution < 1.29 is 19.0 Å². The fraction of sp³-hybridized carbons (Fsp3) is 0.200. The standard InChI is InChI=1S/C15H13FN2O3/c16-11-7-12(15(19)20)14(17-8-11)18-5-6-21-13-4-2-1-3-10(13)9-18/h1-4,7-8H,5-6,9H2,(H,19,20). The second-order valence-electron chi connectivity index (χ2n) is 4.71. The molecule has 6 heteroatoms. The fourth-order valence-corrected chi connectivity index (χ4v) is 2.35. The smallest absolute Gasteiger partial charge is 0.339 e. The summed E-state index contributed by atoms with van der Waals surface area (Å²) in [5, 5.41) is 9.22. The van der Waals surface area contributed by atoms with Gasteiger partial charge in [0, 0.05) is 12.1 Å². The molecule has 1 aromatic heterocycles. The Hall–Kier alpha value is -2.63. The van der Waals surface area contributed by atoms with Crippen LogP contribution in [0.1, 0.15) is 15.9 Å². The number of rotatable bonds is 2. The minimum atomic E-state index is -1.20. The number of aromatic nitrogens is 1. The molecule has 5 nitrogen and oxygen atoms in total. The maximum atomic E-state index is 13.2. The number of benzene rings is 1. The molecular weight excluding hydrogens is 275 g/mol. The molecule has 0 fully saturated rings. The van der Waals surface area contributed by atoms with Crippen molar-refractivity contribution in [3.05, 3.63) is 53.5 Å². The molecule has 0 saturated heterocycles. The van der Waals surface area contributed by atoms with Crippen LogP contribution in [0.25, 0.3) is 0 Å². The number of fused-ring (bicyclic) bond motifs is 1. The third-order valence-electron chi connectivity index (χ3n) is 3.32. The van der Waals surface area contributed by atoms with Crippen LogP contribution < -0.4 is 9.64 Å². The molecular formula is C15H13FN2O3. The monoisotopic (exact) mass is 288 g/mol. The van der Waals surface area contributed by atoms with Gasteiger partial charge in [-0.1, -0.05) is 18.2 Å². The quantitative estimate of drug-likeness (QED) is 0.918. The predicted octanol–water partition coefficient (Wildman–Crippen LogP) is 2.32. The van der Waals surface area contributed by atoms with Crippen LogP contribution in [0.5, 0.6) is 5.75 Å². The van der Waals surface area contributed by atoms with Crippen LogP contribution in [0, 0.1) is 5.82 Å². The van der Waals surface area contributed by atoms with Crippen LogP contribution in [0.4, 0.5) is 10.2 Å². The molecule has 1 aliphatic heterocycles. The molecule has 0 bridgehead atoms. The summed E-state index contributed by atoms with van der Waals surface area (Å²) in [5.41, 5.74) is 0.798. The number of carboxylic acids is 1. The number of hydrogen-bond acceptors (Lipinski definition) is 4. The average molecular weight is 288 g/mol. The molecule has 1 N–H and O–H groups in total. The summed E-state index contributed by atoms with van der Waals surface area (Å²) < 4.78 is 18.9. The zero-order chi connectivity index (χ0) is 14.8. The van der Waals surface area contributed by atoms with Crippen molar-refractivity contribution in [1.29, 1.82) is 0 Å². The molecule has 21 heavy (non-hydrogen) atoms. The highest BCUT2D eigenvalue weighted by Gasteiger charge is 2.22. The third-order valence-corrected chi connectivity index (χ3v) is 3.32. The molecule has 2 heterocycles. The first-order chi connectivity index (χ1) is 10.1. The maximum absolute atomic E-state index is 13.2. The van der Waals surface area contributed by atoms with Crippen molar-refractivity contribution in [3.8, 4) is 5.75 Å². The van der Waals surface area contributed by atoms with E-state index in [4.69, 9.17) is 4.74 Å². The summed E-state index contributed by atoms with van der Waals surface area (Å²) in [7, 11) is 0. The van der Waals surface area contributed by atoms with E-state index in [9.17, 15) is 14.3 Å². The first-order valence-corrected chi connectivity index (χ1v) is 6.49. The number of halogens is 1. The van der Waals surface area contributed by atoms with E-state index >= 15 is 0 Å². The summed E-state index contributed by atoms with van der Waals surface area (Å²) in [4.78, 5) is 17.0. The highest BCUT2D eigenvalue weighted by molar-refractivity contribution is 5.93. The van der Waals surface area contributed by atoms with E-state index in [-0.39, 0.29) is 11.4 Å². The van der Waals surface area contributed by atoms with Crippen molar-refractivity contribution in [2.75, 3.05) is 18.1 Å². The third kappa shape index (κ3) is 2.65. The molecule has 0 atom stereocenters. The first-order valence-electron chi connectivity index (χ1n) is 6.49. The SMILES string of the molecule is O=C(O)c1cc(F)cnc1N1CCOc2ccccc2C1. The molecule has 3 rings (SSSR count). The number of ether oxygens (including phenoxy) is 1. The number of carboxylic acid groups (broad SMARTS) is 1. The van der Waals surface area contributed by atoms with E-state index < -0.39 is 11.8 Å². The van der Waals surface area contributed by atoms with Crippen LogP contribution in [0.2, 0.25) is 0 Å². The number of anilines is 1. The van der Waals surface area contributed by atoms with Gasteiger partial charge in [-0.2, -0.15) is 0 Å². The number of aromatic carboxylic acids is 1. The van der Waals surface area contributed by atoms with Gasteiger partial charge in [0.25, 0.3) is 0 Å². The summed E-state index contributed by atoms with van der Waals surface area (Å²) in [6.45, 7) is 1.36. The Morgan fingerprint density at radius 1 is 1.38 bits per heavy atom. The number of hydrogen-bond donors (Lipinski definition) is 1. The molecule has 0 amide bonds. The topological polar surface area (TPSA) is 62.7 Å². The van der Waals surface area contributed by atoms with Gasteiger partial charge in [-0.15, -0.1) is 0 Å². The van der Waals surface area contributed by atoms with E-state index in [2.05, 4.69) is 4.98 Å². The van der Waals surface area contributed by atoms with Gasteiger partial charge >= 0.3 is 5.97 Å². The lowest BCUT2D eigenvalue weighted by Crippen LogP contribution is -2.28. The molecule has 2 aromatic rings. The van der Waals surface area contributed by atoms with Crippen LogP contribution >= 0.6 is 0 Å². The summed E-state index contributed by atoms with van der Waals surface area (Å²) in [5.74, 6) is -0.832. The Kier molecular flexibility index (Phi) is 3.43. The molecule has 0 unspecified atom stereocenters. The van der Waals surface area contributed by atoms with E-state index in [1.54, 1.807) is 4.90 Å². The number of pyridine rings is 1. The molecule has 0 aliphatic carbocycles. The second-order valence-corrected chi connectivity index (χ2v) is 4.71. The minimum Gasteiger partial charge on any atom is -0.491 e. The average Bonchev–Trinajstić information content (AvgIpc) is 2.69. The van der Waals surface area contributed by atoms with Crippen LogP contribution in [0.15, 0.2) is 36.5 Å². The molecule has 0 radical (unpaired) electrons.